The number of nitrogens with zero attached hydrogens (tertiary/aromatic N) is 4. The lowest BCUT2D eigenvalue weighted by Crippen LogP contribution is -2.40. The second kappa shape index (κ2) is 12.0. The van der Waals surface area contributed by atoms with Crippen molar-refractivity contribution in [3.8, 4) is 11.3 Å². The van der Waals surface area contributed by atoms with Crippen molar-refractivity contribution in [2.45, 2.75) is 76.8 Å². The molecule has 2 aliphatic carbocycles. The third kappa shape index (κ3) is 6.04. The second-order valence-corrected chi connectivity index (χ2v) is 11.0. The Labute approximate surface area is 226 Å². The van der Waals surface area contributed by atoms with Gasteiger partial charge < -0.3 is 16.0 Å². The molecule has 1 amide bonds. The molecule has 5 rings (SSSR count). The van der Waals surface area contributed by atoms with E-state index in [1.807, 2.05) is 30.3 Å². The molecular weight excluding hydrogens is 472 g/mol. The summed E-state index contributed by atoms with van der Waals surface area (Å²) in [5.74, 6) is 1.20. The van der Waals surface area contributed by atoms with Crippen molar-refractivity contribution in [1.82, 2.24) is 20.2 Å². The van der Waals surface area contributed by atoms with Gasteiger partial charge in [-0.3, -0.25) is 9.78 Å². The first-order valence-electron chi connectivity index (χ1n) is 14.2. The van der Waals surface area contributed by atoms with Gasteiger partial charge >= 0.3 is 0 Å². The van der Waals surface area contributed by atoms with Gasteiger partial charge in [0.05, 0.1) is 18.1 Å². The number of hydrogen-bond acceptors (Lipinski definition) is 6. The second-order valence-electron chi connectivity index (χ2n) is 11.0. The number of amides is 1. The van der Waals surface area contributed by atoms with Crippen LogP contribution in [0.5, 0.6) is 0 Å². The van der Waals surface area contributed by atoms with Crippen LogP contribution in [0.2, 0.25) is 0 Å². The first-order chi connectivity index (χ1) is 18.5. The Morgan fingerprint density at radius 2 is 1.87 bits per heavy atom. The molecule has 1 aromatic heterocycles. The van der Waals surface area contributed by atoms with Crippen LogP contribution in [-0.2, 0) is 0 Å². The van der Waals surface area contributed by atoms with E-state index in [9.17, 15) is 4.79 Å². The lowest BCUT2D eigenvalue weighted by Gasteiger charge is -2.36. The Hall–Kier alpha value is -3.32. The molecule has 0 spiro atoms. The largest absolute Gasteiger partial charge is 0.383 e. The van der Waals surface area contributed by atoms with E-state index in [1.54, 1.807) is 12.4 Å². The molecule has 1 aromatic carbocycles. The molecule has 7 heteroatoms. The predicted molar refractivity (Wildman–Crippen MR) is 153 cm³/mol. The first-order valence-corrected chi connectivity index (χ1v) is 14.2. The minimum atomic E-state index is -0.126. The van der Waals surface area contributed by atoms with Crippen LogP contribution < -0.4 is 11.1 Å². The summed E-state index contributed by atoms with van der Waals surface area (Å²) in [6, 6.07) is 10.7. The van der Waals surface area contributed by atoms with Crippen LogP contribution >= 0.6 is 0 Å². The molecule has 1 aliphatic heterocycles. The predicted octanol–water partition coefficient (Wildman–Crippen LogP) is 5.27. The van der Waals surface area contributed by atoms with E-state index in [0.29, 0.717) is 23.5 Å². The van der Waals surface area contributed by atoms with Crippen molar-refractivity contribution < 1.29 is 4.79 Å². The third-order valence-electron chi connectivity index (χ3n) is 8.42. The highest BCUT2D eigenvalue weighted by molar-refractivity contribution is 6.03. The summed E-state index contributed by atoms with van der Waals surface area (Å²) in [5, 5.41) is 3.19. The average Bonchev–Trinajstić information content (AvgIpc) is 3.24. The van der Waals surface area contributed by atoms with Crippen LogP contribution in [0, 0.1) is 5.92 Å². The Kier molecular flexibility index (Phi) is 8.32. The molecule has 3 N–H and O–H groups in total. The highest BCUT2D eigenvalue weighted by Gasteiger charge is 2.31. The summed E-state index contributed by atoms with van der Waals surface area (Å²) in [6.07, 6.45) is 13.2. The molecular formula is C31H40N6O. The van der Waals surface area contributed by atoms with Crippen LogP contribution in [-0.4, -0.2) is 51.8 Å². The standard InChI is InChI=1S/C31H40N6O/c1-3-16-37(25-13-14-27-26(18-25)21(2)30(32)36-27)17-15-22-9-11-24(12-10-22)35-31(38)29-20-33-28(19-34-29)23-7-5-4-6-8-23/h4-8,19-20,22,24-25H,2-3,9-18H2,1H3,(H2,32,36)(H,35,38)/t22?,24?,25-/m0/s1. The fourth-order valence-corrected chi connectivity index (χ4v) is 6.18. The lowest BCUT2D eigenvalue weighted by atomic mass is 9.83. The van der Waals surface area contributed by atoms with E-state index in [0.717, 1.165) is 81.3 Å². The van der Waals surface area contributed by atoms with E-state index >= 15 is 0 Å². The highest BCUT2D eigenvalue weighted by atomic mass is 16.1. The fraction of sp³-hybridized carbons (Fsp3) is 0.484. The Balaban J connectivity index is 1.07. The molecule has 3 aliphatic rings. The number of rotatable bonds is 9. The topological polar surface area (TPSA) is 96.5 Å². The van der Waals surface area contributed by atoms with E-state index in [2.05, 4.69) is 38.7 Å². The molecule has 1 saturated carbocycles. The van der Waals surface area contributed by atoms with Gasteiger partial charge in [0.2, 0.25) is 0 Å². The Morgan fingerprint density at radius 1 is 1.08 bits per heavy atom. The van der Waals surface area contributed by atoms with Crippen molar-refractivity contribution in [3.63, 3.8) is 0 Å². The number of benzene rings is 1. The Bertz CT molecular complexity index is 1190. The van der Waals surface area contributed by atoms with E-state index in [4.69, 9.17) is 5.73 Å². The molecule has 1 fully saturated rings. The summed E-state index contributed by atoms with van der Waals surface area (Å²) in [6.45, 7) is 8.70. The van der Waals surface area contributed by atoms with Crippen LogP contribution in [0.25, 0.3) is 11.3 Å². The number of carbonyl (C=O) groups is 1. The molecule has 0 unspecified atom stereocenters. The third-order valence-corrected chi connectivity index (χ3v) is 8.42. The Morgan fingerprint density at radius 3 is 2.58 bits per heavy atom. The van der Waals surface area contributed by atoms with Crippen molar-refractivity contribution in [1.29, 1.82) is 0 Å². The minimum Gasteiger partial charge on any atom is -0.383 e. The van der Waals surface area contributed by atoms with E-state index < -0.39 is 0 Å². The van der Waals surface area contributed by atoms with Gasteiger partial charge in [0, 0.05) is 28.9 Å². The molecule has 200 valence electrons. The van der Waals surface area contributed by atoms with Crippen LogP contribution in [0.4, 0.5) is 0 Å². The zero-order valence-electron chi connectivity index (χ0n) is 22.5. The fourth-order valence-electron chi connectivity index (χ4n) is 6.18. The monoisotopic (exact) mass is 512 g/mol. The summed E-state index contributed by atoms with van der Waals surface area (Å²) in [5.41, 5.74) is 11.6. The number of aliphatic imine (C=N–C) groups is 1. The van der Waals surface area contributed by atoms with Crippen LogP contribution in [0.1, 0.15) is 75.2 Å². The molecule has 2 aromatic rings. The van der Waals surface area contributed by atoms with Crippen LogP contribution in [0.3, 0.4) is 0 Å². The molecule has 38 heavy (non-hydrogen) atoms. The number of allylic oxidation sites excluding steroid dienone is 1. The maximum Gasteiger partial charge on any atom is 0.271 e. The average molecular weight is 513 g/mol. The van der Waals surface area contributed by atoms with Gasteiger partial charge in [-0.2, -0.15) is 0 Å². The number of aromatic nitrogens is 2. The van der Waals surface area contributed by atoms with Gasteiger partial charge in [0.15, 0.2) is 0 Å². The van der Waals surface area contributed by atoms with Gasteiger partial charge in [0.1, 0.15) is 11.5 Å². The highest BCUT2D eigenvalue weighted by Crippen LogP contribution is 2.37. The summed E-state index contributed by atoms with van der Waals surface area (Å²) >= 11 is 0. The van der Waals surface area contributed by atoms with Gasteiger partial charge in [-0.25, -0.2) is 9.98 Å². The number of amidine groups is 1. The molecule has 1 atom stereocenters. The maximum absolute atomic E-state index is 12.8. The zero-order chi connectivity index (χ0) is 26.5. The minimum absolute atomic E-state index is 0.126. The molecule has 0 saturated heterocycles. The SMILES string of the molecule is C=C1C(N)=NC2=C1C[C@@H](N(CCC)CCC1CCC(NC(=O)c3cnc(-c4ccccc4)cn3)CC1)CC2. The summed E-state index contributed by atoms with van der Waals surface area (Å²) in [4.78, 5) is 28.8. The van der Waals surface area contributed by atoms with E-state index in [1.165, 1.54) is 17.7 Å². The normalized spacial score (nSPS) is 23.4. The summed E-state index contributed by atoms with van der Waals surface area (Å²) < 4.78 is 0. The number of nitrogens with one attached hydrogen (secondary N) is 1. The lowest BCUT2D eigenvalue weighted by molar-refractivity contribution is 0.0912. The number of hydrogen-bond donors (Lipinski definition) is 2. The summed E-state index contributed by atoms with van der Waals surface area (Å²) in [7, 11) is 0. The first kappa shape index (κ1) is 26.3. The van der Waals surface area contributed by atoms with Crippen molar-refractivity contribution >= 4 is 11.7 Å². The maximum atomic E-state index is 12.8. The van der Waals surface area contributed by atoms with Crippen LogP contribution in [0.15, 0.2) is 71.1 Å². The quantitative estimate of drug-likeness (QED) is 0.477. The molecule has 7 nitrogen and oxygen atoms in total. The van der Waals surface area contributed by atoms with E-state index in [-0.39, 0.29) is 11.9 Å². The number of nitrogens with two attached hydrogens (primary N) is 1. The van der Waals surface area contributed by atoms with Crippen molar-refractivity contribution in [2.75, 3.05) is 13.1 Å². The molecule has 2 heterocycles. The van der Waals surface area contributed by atoms with Gasteiger partial charge in [0.25, 0.3) is 5.91 Å². The van der Waals surface area contributed by atoms with Gasteiger partial charge in [-0.1, -0.05) is 43.8 Å². The molecule has 0 radical (unpaired) electrons. The zero-order valence-corrected chi connectivity index (χ0v) is 22.5. The van der Waals surface area contributed by atoms with Gasteiger partial charge in [-0.05, 0) is 82.4 Å². The van der Waals surface area contributed by atoms with Crippen molar-refractivity contribution in [3.05, 3.63) is 71.8 Å². The number of carbonyl (C=O) groups excluding carboxylic acids is 1. The van der Waals surface area contributed by atoms with Gasteiger partial charge in [-0.15, -0.1) is 0 Å². The smallest absolute Gasteiger partial charge is 0.271 e. The van der Waals surface area contributed by atoms with Crippen molar-refractivity contribution in [2.24, 2.45) is 16.6 Å². The molecule has 0 bridgehead atoms.